The molecular weight excluding hydrogens is 300 g/mol. The summed E-state index contributed by atoms with van der Waals surface area (Å²) in [7, 11) is 0. The number of halogens is 3. The summed E-state index contributed by atoms with van der Waals surface area (Å²) in [5.41, 5.74) is 7.19. The van der Waals surface area contributed by atoms with Crippen molar-refractivity contribution in [1.29, 1.82) is 0 Å². The maximum Gasteiger partial charge on any atom is 0.126 e. The van der Waals surface area contributed by atoms with Gasteiger partial charge in [0, 0.05) is 10.5 Å². The van der Waals surface area contributed by atoms with Crippen molar-refractivity contribution in [2.24, 2.45) is 5.73 Å². The van der Waals surface area contributed by atoms with E-state index in [-0.39, 0.29) is 12.5 Å². The van der Waals surface area contributed by atoms with E-state index in [4.69, 9.17) is 5.73 Å². The van der Waals surface area contributed by atoms with Crippen LogP contribution in [0.15, 0.2) is 46.9 Å². The lowest BCUT2D eigenvalue weighted by atomic mass is 9.99. The highest BCUT2D eigenvalue weighted by atomic mass is 79.9. The molecule has 0 aliphatic carbocycles. The first-order chi connectivity index (χ1) is 8.58. The SMILES string of the molecule is NC(Cc1cc(F)ccc1F)c1ccccc1Br. The third-order valence-corrected chi connectivity index (χ3v) is 3.47. The van der Waals surface area contributed by atoms with Gasteiger partial charge in [-0.3, -0.25) is 0 Å². The van der Waals surface area contributed by atoms with E-state index >= 15 is 0 Å². The van der Waals surface area contributed by atoms with E-state index < -0.39 is 11.6 Å². The Morgan fingerprint density at radius 2 is 1.83 bits per heavy atom. The van der Waals surface area contributed by atoms with E-state index in [9.17, 15) is 8.78 Å². The van der Waals surface area contributed by atoms with Gasteiger partial charge in [-0.25, -0.2) is 8.78 Å². The van der Waals surface area contributed by atoms with Gasteiger partial charge in [0.15, 0.2) is 0 Å². The molecule has 4 heteroatoms. The van der Waals surface area contributed by atoms with Crippen LogP contribution in [0.5, 0.6) is 0 Å². The monoisotopic (exact) mass is 311 g/mol. The summed E-state index contributed by atoms with van der Waals surface area (Å²) < 4.78 is 27.4. The highest BCUT2D eigenvalue weighted by Gasteiger charge is 2.13. The zero-order valence-electron chi connectivity index (χ0n) is 9.54. The standard InChI is InChI=1S/C14H12BrF2N/c15-12-4-2-1-3-11(12)14(18)8-9-7-10(16)5-6-13(9)17/h1-7,14H,8,18H2. The van der Waals surface area contributed by atoms with Crippen LogP contribution in [0.2, 0.25) is 0 Å². The van der Waals surface area contributed by atoms with Gasteiger partial charge in [-0.2, -0.15) is 0 Å². The Bertz CT molecular complexity index is 557. The third kappa shape index (κ3) is 2.94. The molecule has 0 bridgehead atoms. The summed E-state index contributed by atoms with van der Waals surface area (Å²) in [5.74, 6) is -0.885. The molecule has 2 rings (SSSR count). The number of hydrogen-bond donors (Lipinski definition) is 1. The molecule has 0 amide bonds. The highest BCUT2D eigenvalue weighted by molar-refractivity contribution is 9.10. The zero-order valence-corrected chi connectivity index (χ0v) is 11.1. The molecule has 2 N–H and O–H groups in total. The molecule has 2 aromatic carbocycles. The van der Waals surface area contributed by atoms with Crippen molar-refractivity contribution in [3.8, 4) is 0 Å². The molecule has 0 radical (unpaired) electrons. The first kappa shape index (κ1) is 13.2. The zero-order chi connectivity index (χ0) is 13.1. The Kier molecular flexibility index (Phi) is 4.09. The van der Waals surface area contributed by atoms with Gasteiger partial charge in [0.25, 0.3) is 0 Å². The molecule has 1 nitrogen and oxygen atoms in total. The Hall–Kier alpha value is -1.26. The number of hydrogen-bond acceptors (Lipinski definition) is 1. The second kappa shape index (κ2) is 5.59. The summed E-state index contributed by atoms with van der Waals surface area (Å²) in [6.45, 7) is 0. The topological polar surface area (TPSA) is 26.0 Å². The minimum atomic E-state index is -0.453. The van der Waals surface area contributed by atoms with Crippen molar-refractivity contribution in [3.63, 3.8) is 0 Å². The number of benzene rings is 2. The van der Waals surface area contributed by atoms with Crippen LogP contribution in [0.4, 0.5) is 8.78 Å². The quantitative estimate of drug-likeness (QED) is 0.912. The van der Waals surface area contributed by atoms with E-state index in [0.29, 0.717) is 5.56 Å². The summed E-state index contributed by atoms with van der Waals surface area (Å²) >= 11 is 3.40. The van der Waals surface area contributed by atoms with Gasteiger partial charge in [-0.15, -0.1) is 0 Å². The molecule has 1 unspecified atom stereocenters. The van der Waals surface area contributed by atoms with E-state index in [2.05, 4.69) is 15.9 Å². The molecule has 0 saturated carbocycles. The lowest BCUT2D eigenvalue weighted by Crippen LogP contribution is -2.14. The van der Waals surface area contributed by atoms with Crippen molar-refractivity contribution in [2.75, 3.05) is 0 Å². The van der Waals surface area contributed by atoms with E-state index in [1.54, 1.807) is 0 Å². The second-order valence-corrected chi connectivity index (χ2v) is 4.92. The molecule has 0 aliphatic heterocycles. The fourth-order valence-corrected chi connectivity index (χ4v) is 2.40. The van der Waals surface area contributed by atoms with Gasteiger partial charge in [-0.05, 0) is 41.8 Å². The van der Waals surface area contributed by atoms with Crippen molar-refractivity contribution >= 4 is 15.9 Å². The van der Waals surface area contributed by atoms with Gasteiger partial charge >= 0.3 is 0 Å². The Morgan fingerprint density at radius 1 is 1.11 bits per heavy atom. The normalized spacial score (nSPS) is 12.4. The van der Waals surface area contributed by atoms with Crippen LogP contribution in [0.25, 0.3) is 0 Å². The number of rotatable bonds is 3. The minimum absolute atomic E-state index is 0.256. The Balaban J connectivity index is 2.24. The predicted molar refractivity (Wildman–Crippen MR) is 71.1 cm³/mol. The lowest BCUT2D eigenvalue weighted by Gasteiger charge is -2.14. The van der Waals surface area contributed by atoms with Crippen LogP contribution < -0.4 is 5.73 Å². The molecule has 94 valence electrons. The van der Waals surface area contributed by atoms with Crippen LogP contribution in [-0.2, 0) is 6.42 Å². The Labute approximate surface area is 113 Å². The third-order valence-electron chi connectivity index (χ3n) is 2.75. The van der Waals surface area contributed by atoms with Crippen LogP contribution >= 0.6 is 15.9 Å². The van der Waals surface area contributed by atoms with Gasteiger partial charge in [0.1, 0.15) is 11.6 Å². The van der Waals surface area contributed by atoms with E-state index in [1.807, 2.05) is 24.3 Å². The van der Waals surface area contributed by atoms with E-state index in [1.165, 1.54) is 6.07 Å². The Morgan fingerprint density at radius 3 is 2.56 bits per heavy atom. The van der Waals surface area contributed by atoms with E-state index in [0.717, 1.165) is 22.2 Å². The lowest BCUT2D eigenvalue weighted by molar-refractivity contribution is 0.572. The van der Waals surface area contributed by atoms with Crippen LogP contribution in [0.1, 0.15) is 17.2 Å². The molecule has 0 aliphatic rings. The van der Waals surface area contributed by atoms with Crippen molar-refractivity contribution in [2.45, 2.75) is 12.5 Å². The average molecular weight is 312 g/mol. The van der Waals surface area contributed by atoms with Crippen LogP contribution in [0, 0.1) is 11.6 Å². The minimum Gasteiger partial charge on any atom is -0.324 e. The highest BCUT2D eigenvalue weighted by Crippen LogP contribution is 2.25. The van der Waals surface area contributed by atoms with Gasteiger partial charge in [-0.1, -0.05) is 34.1 Å². The number of nitrogens with two attached hydrogens (primary N) is 1. The molecule has 0 saturated heterocycles. The summed E-state index contributed by atoms with van der Waals surface area (Å²) in [6, 6.07) is 10.5. The average Bonchev–Trinajstić information content (AvgIpc) is 2.34. The van der Waals surface area contributed by atoms with Gasteiger partial charge in [0.05, 0.1) is 0 Å². The van der Waals surface area contributed by atoms with Crippen molar-refractivity contribution in [1.82, 2.24) is 0 Å². The molecule has 0 spiro atoms. The fraction of sp³-hybridized carbons (Fsp3) is 0.143. The van der Waals surface area contributed by atoms with Crippen molar-refractivity contribution < 1.29 is 8.78 Å². The second-order valence-electron chi connectivity index (χ2n) is 4.07. The summed E-state index contributed by atoms with van der Waals surface area (Å²) in [5, 5.41) is 0. The molecule has 2 aromatic rings. The molecule has 18 heavy (non-hydrogen) atoms. The molecule has 0 fully saturated rings. The largest absolute Gasteiger partial charge is 0.324 e. The van der Waals surface area contributed by atoms with Crippen LogP contribution in [-0.4, -0.2) is 0 Å². The summed E-state index contributed by atoms with van der Waals surface area (Å²) in [4.78, 5) is 0. The maximum atomic E-state index is 13.5. The van der Waals surface area contributed by atoms with Crippen LogP contribution in [0.3, 0.4) is 0 Å². The first-order valence-electron chi connectivity index (χ1n) is 5.52. The van der Waals surface area contributed by atoms with Gasteiger partial charge < -0.3 is 5.73 Å². The fourth-order valence-electron chi connectivity index (χ4n) is 1.82. The maximum absolute atomic E-state index is 13.5. The summed E-state index contributed by atoms with van der Waals surface area (Å²) in [6.07, 6.45) is 0.256. The molecular formula is C14H12BrF2N. The first-order valence-corrected chi connectivity index (χ1v) is 6.31. The predicted octanol–water partition coefficient (Wildman–Crippen LogP) is 3.97. The molecule has 0 heterocycles. The van der Waals surface area contributed by atoms with Gasteiger partial charge in [0.2, 0.25) is 0 Å². The molecule has 1 atom stereocenters. The van der Waals surface area contributed by atoms with Crippen molar-refractivity contribution in [3.05, 3.63) is 69.7 Å². The smallest absolute Gasteiger partial charge is 0.126 e. The molecule has 0 aromatic heterocycles.